The van der Waals surface area contributed by atoms with E-state index in [0.717, 1.165) is 5.57 Å². The number of esters is 2. The minimum Gasteiger partial charge on any atom is -0.469 e. The van der Waals surface area contributed by atoms with Gasteiger partial charge in [0.15, 0.2) is 0 Å². The van der Waals surface area contributed by atoms with Crippen LogP contribution in [0.3, 0.4) is 0 Å². The number of hydrogen-bond acceptors (Lipinski definition) is 7. The van der Waals surface area contributed by atoms with E-state index in [4.69, 9.17) is 14.2 Å². The Bertz CT molecular complexity index is 823. The summed E-state index contributed by atoms with van der Waals surface area (Å²) in [6.45, 7) is 0.0746. The van der Waals surface area contributed by atoms with Gasteiger partial charge in [0.05, 0.1) is 20.8 Å². The Labute approximate surface area is 163 Å². The van der Waals surface area contributed by atoms with E-state index in [9.17, 15) is 19.5 Å². The summed E-state index contributed by atoms with van der Waals surface area (Å²) < 4.78 is 15.4. The van der Waals surface area contributed by atoms with Crippen molar-refractivity contribution in [1.29, 1.82) is 0 Å². The van der Waals surface area contributed by atoms with Gasteiger partial charge in [-0.05, 0) is 19.3 Å². The molecule has 1 N–H and O–H groups in total. The van der Waals surface area contributed by atoms with E-state index in [2.05, 4.69) is 0 Å². The fraction of sp³-hybridized carbons (Fsp3) is 0.571. The first kappa shape index (κ1) is 19.1. The molecular weight excluding hydrogens is 364 g/mol. The molecule has 0 unspecified atom stereocenters. The van der Waals surface area contributed by atoms with Crippen LogP contribution in [0, 0.1) is 23.2 Å². The van der Waals surface area contributed by atoms with Crippen molar-refractivity contribution >= 4 is 17.7 Å². The summed E-state index contributed by atoms with van der Waals surface area (Å²) in [5.41, 5.74) is -0.156. The number of ketones is 1. The molecule has 0 bridgehead atoms. The quantitative estimate of drug-likeness (QED) is 0.575. The summed E-state index contributed by atoms with van der Waals surface area (Å²) in [6.07, 6.45) is 9.26. The lowest BCUT2D eigenvalue weighted by molar-refractivity contribution is -0.237. The van der Waals surface area contributed by atoms with Gasteiger partial charge in [0.2, 0.25) is 11.6 Å². The normalized spacial score (nSPS) is 38.1. The van der Waals surface area contributed by atoms with Crippen LogP contribution in [0.4, 0.5) is 0 Å². The number of ether oxygens (including phenoxy) is 3. The van der Waals surface area contributed by atoms with Gasteiger partial charge >= 0.3 is 11.9 Å². The van der Waals surface area contributed by atoms with Gasteiger partial charge in [-0.3, -0.25) is 14.4 Å². The zero-order valence-corrected chi connectivity index (χ0v) is 16.0. The molecule has 1 aliphatic heterocycles. The highest BCUT2D eigenvalue weighted by atomic mass is 16.6. The molecule has 1 saturated heterocycles. The lowest BCUT2D eigenvalue weighted by Crippen LogP contribution is -2.66. The topological polar surface area (TPSA) is 99.1 Å². The van der Waals surface area contributed by atoms with Gasteiger partial charge in [0.1, 0.15) is 5.41 Å². The van der Waals surface area contributed by atoms with E-state index in [0.29, 0.717) is 24.8 Å². The monoisotopic (exact) mass is 388 g/mol. The van der Waals surface area contributed by atoms with Crippen LogP contribution in [0.15, 0.2) is 35.5 Å². The number of carbonyl (C=O) groups is 3. The van der Waals surface area contributed by atoms with E-state index in [1.54, 1.807) is 0 Å². The lowest BCUT2D eigenvalue weighted by atomic mass is 9.51. The number of Topliss-reactive ketones (excluding diaryl/α,β-unsaturated/α-hetero) is 1. The van der Waals surface area contributed by atoms with Crippen molar-refractivity contribution in [2.24, 2.45) is 23.2 Å². The minimum atomic E-state index is -2.26. The molecule has 0 radical (unpaired) electrons. The van der Waals surface area contributed by atoms with E-state index in [1.165, 1.54) is 14.2 Å². The molecule has 0 spiro atoms. The molecule has 4 aliphatic rings. The van der Waals surface area contributed by atoms with Crippen molar-refractivity contribution in [3.05, 3.63) is 35.5 Å². The van der Waals surface area contributed by atoms with Crippen molar-refractivity contribution in [2.75, 3.05) is 20.8 Å². The number of fused-ring (bicyclic) bond motifs is 1. The number of methoxy groups -OCH3 is 2. The number of hydrogen-bond donors (Lipinski definition) is 1. The smallest absolute Gasteiger partial charge is 0.319 e. The van der Waals surface area contributed by atoms with Crippen LogP contribution in [0.5, 0.6) is 0 Å². The SMILES string of the molecule is COC(=O)CC[C@@H]1C=CCC2=C1C(=O)[C@@]1(O)OC[C@H]3C=CC[C@@H]2[C@]31C(=O)OC. The molecule has 1 fully saturated rings. The largest absolute Gasteiger partial charge is 0.469 e. The van der Waals surface area contributed by atoms with E-state index < -0.39 is 28.9 Å². The Morgan fingerprint density at radius 3 is 2.75 bits per heavy atom. The molecule has 150 valence electrons. The number of carbonyl (C=O) groups excluding carboxylic acids is 3. The Balaban J connectivity index is 1.83. The Morgan fingerprint density at radius 1 is 1.25 bits per heavy atom. The highest BCUT2D eigenvalue weighted by Crippen LogP contribution is 2.63. The van der Waals surface area contributed by atoms with Gasteiger partial charge in [-0.2, -0.15) is 0 Å². The van der Waals surface area contributed by atoms with Gasteiger partial charge < -0.3 is 19.3 Å². The van der Waals surface area contributed by atoms with Crippen LogP contribution in [0.1, 0.15) is 25.7 Å². The molecule has 0 amide bonds. The highest BCUT2D eigenvalue weighted by molar-refractivity contribution is 6.08. The Hall–Kier alpha value is -2.25. The third-order valence-electron chi connectivity index (χ3n) is 6.71. The maximum absolute atomic E-state index is 13.5. The standard InChI is InChI=1S/C21H24O7/c1-26-16(22)10-9-12-5-3-7-14-15-8-4-6-13-11-28-21(25,18(23)17(12)14)20(13,15)19(24)27-2/h3-6,12-13,15,25H,7-11H2,1-2H3/t12-,13+,15-,20-,21+/m0/s1. The van der Waals surface area contributed by atoms with Crippen LogP contribution in [0.2, 0.25) is 0 Å². The summed E-state index contributed by atoms with van der Waals surface area (Å²) in [6, 6.07) is 0. The summed E-state index contributed by atoms with van der Waals surface area (Å²) in [7, 11) is 2.59. The molecule has 5 atom stereocenters. The predicted octanol–water partition coefficient (Wildman–Crippen LogP) is 1.47. The molecule has 0 aromatic carbocycles. The zero-order chi connectivity index (χ0) is 20.1. The first-order valence-electron chi connectivity index (χ1n) is 9.54. The first-order valence-corrected chi connectivity index (χ1v) is 9.54. The third-order valence-corrected chi connectivity index (χ3v) is 6.71. The maximum Gasteiger partial charge on any atom is 0.319 e. The zero-order valence-electron chi connectivity index (χ0n) is 16.0. The molecule has 7 heteroatoms. The van der Waals surface area contributed by atoms with E-state index in [-0.39, 0.29) is 30.8 Å². The minimum absolute atomic E-state index is 0.0746. The van der Waals surface area contributed by atoms with Crippen molar-refractivity contribution in [2.45, 2.75) is 31.5 Å². The van der Waals surface area contributed by atoms with Crippen LogP contribution in [0.25, 0.3) is 0 Å². The van der Waals surface area contributed by atoms with Gasteiger partial charge in [0.25, 0.3) is 0 Å². The molecule has 4 rings (SSSR count). The number of rotatable bonds is 4. The van der Waals surface area contributed by atoms with Crippen molar-refractivity contribution < 1.29 is 33.7 Å². The number of aliphatic hydroxyl groups is 1. The molecular formula is C21H24O7. The molecule has 7 nitrogen and oxygen atoms in total. The molecule has 0 aromatic rings. The second-order valence-corrected chi connectivity index (χ2v) is 7.76. The van der Waals surface area contributed by atoms with Gasteiger partial charge in [-0.25, -0.2) is 0 Å². The lowest BCUT2D eigenvalue weighted by Gasteiger charge is -2.51. The fourth-order valence-corrected chi connectivity index (χ4v) is 5.50. The highest BCUT2D eigenvalue weighted by Gasteiger charge is 2.76. The summed E-state index contributed by atoms with van der Waals surface area (Å²) >= 11 is 0. The van der Waals surface area contributed by atoms with Gasteiger partial charge in [-0.15, -0.1) is 0 Å². The Kier molecular flexibility index (Phi) is 4.55. The second kappa shape index (κ2) is 6.67. The van der Waals surface area contributed by atoms with Crippen molar-refractivity contribution in [1.82, 2.24) is 0 Å². The third kappa shape index (κ3) is 2.26. The predicted molar refractivity (Wildman–Crippen MR) is 96.6 cm³/mol. The average molecular weight is 388 g/mol. The summed E-state index contributed by atoms with van der Waals surface area (Å²) in [4.78, 5) is 38.1. The molecule has 1 heterocycles. The summed E-state index contributed by atoms with van der Waals surface area (Å²) in [5, 5.41) is 11.5. The fourth-order valence-electron chi connectivity index (χ4n) is 5.50. The van der Waals surface area contributed by atoms with Crippen LogP contribution < -0.4 is 0 Å². The molecule has 3 aliphatic carbocycles. The van der Waals surface area contributed by atoms with Crippen molar-refractivity contribution in [3.8, 4) is 0 Å². The van der Waals surface area contributed by atoms with Crippen LogP contribution >= 0.6 is 0 Å². The van der Waals surface area contributed by atoms with Gasteiger partial charge in [-0.1, -0.05) is 29.9 Å². The maximum atomic E-state index is 13.5. The average Bonchev–Trinajstić information content (AvgIpc) is 3.04. The van der Waals surface area contributed by atoms with Gasteiger partial charge in [0, 0.05) is 29.7 Å². The first-order chi connectivity index (χ1) is 13.4. The van der Waals surface area contributed by atoms with E-state index >= 15 is 0 Å². The molecule has 0 saturated carbocycles. The number of allylic oxidation sites excluding steroid dienone is 4. The summed E-state index contributed by atoms with van der Waals surface area (Å²) in [5.74, 6) is -4.96. The van der Waals surface area contributed by atoms with Crippen molar-refractivity contribution in [3.63, 3.8) is 0 Å². The van der Waals surface area contributed by atoms with E-state index in [1.807, 2.05) is 24.3 Å². The Morgan fingerprint density at radius 2 is 2.04 bits per heavy atom. The molecule has 0 aromatic heterocycles. The van der Waals surface area contributed by atoms with Crippen LogP contribution in [-0.4, -0.2) is 49.4 Å². The van der Waals surface area contributed by atoms with Crippen LogP contribution in [-0.2, 0) is 28.6 Å². The second-order valence-electron chi connectivity index (χ2n) is 7.76. The molecule has 28 heavy (non-hydrogen) atoms.